The molecule has 0 aliphatic carbocycles. The third-order valence-electron chi connectivity index (χ3n) is 2.44. The van der Waals surface area contributed by atoms with Crippen LogP contribution in [-0.4, -0.2) is 6.29 Å². The van der Waals surface area contributed by atoms with Crippen LogP contribution in [0.3, 0.4) is 0 Å². The highest BCUT2D eigenvalue weighted by atomic mass is 35.5. The first-order chi connectivity index (χ1) is 7.70. The molecule has 16 heavy (non-hydrogen) atoms. The Hall–Kier alpha value is -1.60. The molecule has 0 aromatic heterocycles. The predicted octanol–water partition coefficient (Wildman–Crippen LogP) is 3.77. The summed E-state index contributed by atoms with van der Waals surface area (Å²) in [5, 5.41) is 0.725. The number of aryl methyl sites for hydroxylation is 1. The number of hydrogen-bond donors (Lipinski definition) is 0. The van der Waals surface area contributed by atoms with Gasteiger partial charge in [-0.2, -0.15) is 0 Å². The molecule has 0 amide bonds. The fraction of sp³-hybridized carbons (Fsp3) is 0.0714. The quantitative estimate of drug-likeness (QED) is 0.766. The molecule has 2 rings (SSSR count). The lowest BCUT2D eigenvalue weighted by Crippen LogP contribution is -1.83. The zero-order valence-electron chi connectivity index (χ0n) is 8.83. The molecule has 0 aliphatic heterocycles. The van der Waals surface area contributed by atoms with E-state index in [-0.39, 0.29) is 0 Å². The summed E-state index contributed by atoms with van der Waals surface area (Å²) < 4.78 is 0. The Morgan fingerprint density at radius 1 is 1.06 bits per heavy atom. The smallest absolute Gasteiger partial charge is 0.233 e. The first-order valence-electron chi connectivity index (χ1n) is 4.95. The molecule has 0 spiro atoms. The number of rotatable bonds is 2. The molecule has 2 aromatic carbocycles. The first kappa shape index (κ1) is 10.9. The van der Waals surface area contributed by atoms with Crippen molar-refractivity contribution in [1.29, 1.82) is 0 Å². The molecule has 79 valence electrons. The Labute approximate surface area is 99.7 Å². The van der Waals surface area contributed by atoms with Crippen molar-refractivity contribution in [3.8, 4) is 11.1 Å². The van der Waals surface area contributed by atoms with Gasteiger partial charge in [0.05, 0.1) is 0 Å². The second-order valence-corrected chi connectivity index (χ2v) is 4.07. The second kappa shape index (κ2) is 4.50. The molecule has 2 aromatic rings. The van der Waals surface area contributed by atoms with Gasteiger partial charge >= 0.3 is 0 Å². The molecule has 0 bridgehead atoms. The second-order valence-electron chi connectivity index (χ2n) is 3.66. The maximum atomic E-state index is 10.4. The largest absolute Gasteiger partial charge is 0.285 e. The standard InChI is InChI=1S/C14H10ClO/c1-10-2-7-13(14(15)8-10)12-5-3-11(9-16)4-6-12/h2-8H,1H3. The maximum absolute atomic E-state index is 10.4. The van der Waals surface area contributed by atoms with Crippen LogP contribution in [0.15, 0.2) is 42.5 Å². The van der Waals surface area contributed by atoms with Gasteiger partial charge in [0, 0.05) is 16.1 Å². The van der Waals surface area contributed by atoms with E-state index in [0.29, 0.717) is 5.56 Å². The molecule has 0 heterocycles. The molecule has 0 atom stereocenters. The van der Waals surface area contributed by atoms with Crippen molar-refractivity contribution in [1.82, 2.24) is 0 Å². The number of hydrogen-bond acceptors (Lipinski definition) is 1. The van der Waals surface area contributed by atoms with Gasteiger partial charge in [0.2, 0.25) is 6.29 Å². The average molecular weight is 230 g/mol. The first-order valence-corrected chi connectivity index (χ1v) is 5.33. The Balaban J connectivity index is 2.46. The predicted molar refractivity (Wildman–Crippen MR) is 66.4 cm³/mol. The van der Waals surface area contributed by atoms with Crippen LogP contribution in [0.2, 0.25) is 5.02 Å². The van der Waals surface area contributed by atoms with E-state index in [1.54, 1.807) is 12.1 Å². The van der Waals surface area contributed by atoms with E-state index in [1.165, 1.54) is 0 Å². The molecule has 0 unspecified atom stereocenters. The van der Waals surface area contributed by atoms with Gasteiger partial charge in [-0.15, -0.1) is 0 Å². The van der Waals surface area contributed by atoms with E-state index in [2.05, 4.69) is 0 Å². The maximum Gasteiger partial charge on any atom is 0.233 e. The van der Waals surface area contributed by atoms with E-state index < -0.39 is 0 Å². The summed E-state index contributed by atoms with van der Waals surface area (Å²) >= 11 is 6.16. The summed E-state index contributed by atoms with van der Waals surface area (Å²) in [6.07, 6.45) is 1.85. The number of halogens is 1. The molecular weight excluding hydrogens is 220 g/mol. The van der Waals surface area contributed by atoms with Gasteiger partial charge < -0.3 is 0 Å². The Bertz CT molecular complexity index is 515. The molecule has 0 N–H and O–H groups in total. The molecule has 0 saturated carbocycles. The van der Waals surface area contributed by atoms with E-state index in [9.17, 15) is 4.79 Å². The SMILES string of the molecule is Cc1ccc(-c2ccc([C]=O)cc2)c(Cl)c1. The van der Waals surface area contributed by atoms with Crippen molar-refractivity contribution in [3.63, 3.8) is 0 Å². The Morgan fingerprint density at radius 2 is 1.75 bits per heavy atom. The highest BCUT2D eigenvalue weighted by Gasteiger charge is 2.03. The van der Waals surface area contributed by atoms with Crippen LogP contribution in [0.4, 0.5) is 0 Å². The zero-order valence-corrected chi connectivity index (χ0v) is 9.58. The molecule has 1 radical (unpaired) electrons. The van der Waals surface area contributed by atoms with Crippen LogP contribution in [0.5, 0.6) is 0 Å². The van der Waals surface area contributed by atoms with Crippen LogP contribution in [0.25, 0.3) is 11.1 Å². The topological polar surface area (TPSA) is 17.1 Å². The third kappa shape index (κ3) is 2.15. The van der Waals surface area contributed by atoms with Crippen LogP contribution in [0, 0.1) is 6.92 Å². The molecule has 0 fully saturated rings. The van der Waals surface area contributed by atoms with Crippen molar-refractivity contribution in [2.45, 2.75) is 6.92 Å². The fourth-order valence-electron chi connectivity index (χ4n) is 1.57. The molecule has 1 nitrogen and oxygen atoms in total. The van der Waals surface area contributed by atoms with Crippen molar-refractivity contribution in [2.75, 3.05) is 0 Å². The van der Waals surface area contributed by atoms with Gasteiger partial charge in [-0.05, 0) is 24.1 Å². The molecule has 0 saturated heterocycles. The monoisotopic (exact) mass is 229 g/mol. The van der Waals surface area contributed by atoms with Crippen molar-refractivity contribution < 1.29 is 4.79 Å². The summed E-state index contributed by atoms with van der Waals surface area (Å²) in [5.41, 5.74) is 3.66. The molecular formula is C14H10ClO. The summed E-state index contributed by atoms with van der Waals surface area (Å²) in [5.74, 6) is 0. The van der Waals surface area contributed by atoms with Crippen molar-refractivity contribution in [3.05, 3.63) is 58.6 Å². The highest BCUT2D eigenvalue weighted by Crippen LogP contribution is 2.28. The van der Waals surface area contributed by atoms with Crippen molar-refractivity contribution >= 4 is 17.9 Å². The number of carbonyl (C=O) groups excluding carboxylic acids is 1. The fourth-order valence-corrected chi connectivity index (χ4v) is 1.92. The van der Waals surface area contributed by atoms with Gasteiger partial charge in [-0.1, -0.05) is 48.0 Å². The summed E-state index contributed by atoms with van der Waals surface area (Å²) in [6.45, 7) is 2.00. The van der Waals surface area contributed by atoms with Gasteiger partial charge in [0.15, 0.2) is 0 Å². The molecule has 0 aliphatic rings. The van der Waals surface area contributed by atoms with E-state index in [4.69, 9.17) is 11.6 Å². The van der Waals surface area contributed by atoms with Gasteiger partial charge in [-0.3, -0.25) is 4.79 Å². The van der Waals surface area contributed by atoms with Crippen LogP contribution in [0.1, 0.15) is 11.1 Å². The summed E-state index contributed by atoms with van der Waals surface area (Å²) in [4.78, 5) is 10.4. The van der Waals surface area contributed by atoms with E-state index in [0.717, 1.165) is 21.7 Å². The lowest BCUT2D eigenvalue weighted by molar-refractivity contribution is 0.563. The highest BCUT2D eigenvalue weighted by molar-refractivity contribution is 6.33. The van der Waals surface area contributed by atoms with Crippen LogP contribution in [-0.2, 0) is 4.79 Å². The van der Waals surface area contributed by atoms with Gasteiger partial charge in [0.1, 0.15) is 0 Å². The molecule has 2 heteroatoms. The normalized spacial score (nSPS) is 10.1. The number of benzene rings is 2. The minimum atomic E-state index is 0.548. The zero-order chi connectivity index (χ0) is 11.5. The lowest BCUT2D eigenvalue weighted by atomic mass is 10.0. The van der Waals surface area contributed by atoms with E-state index in [1.807, 2.05) is 43.5 Å². The van der Waals surface area contributed by atoms with Crippen molar-refractivity contribution in [2.24, 2.45) is 0 Å². The Kier molecular flexibility index (Phi) is 3.07. The van der Waals surface area contributed by atoms with E-state index >= 15 is 0 Å². The summed E-state index contributed by atoms with van der Waals surface area (Å²) in [7, 11) is 0. The lowest BCUT2D eigenvalue weighted by Gasteiger charge is -2.05. The Morgan fingerprint density at radius 3 is 2.31 bits per heavy atom. The minimum Gasteiger partial charge on any atom is -0.285 e. The third-order valence-corrected chi connectivity index (χ3v) is 2.75. The average Bonchev–Trinajstić information content (AvgIpc) is 2.29. The summed E-state index contributed by atoms with van der Waals surface area (Å²) in [6, 6.07) is 13.1. The van der Waals surface area contributed by atoms with Crippen LogP contribution >= 0.6 is 11.6 Å². The minimum absolute atomic E-state index is 0.548. The van der Waals surface area contributed by atoms with Gasteiger partial charge in [0.25, 0.3) is 0 Å². The van der Waals surface area contributed by atoms with Gasteiger partial charge in [-0.25, -0.2) is 0 Å². The van der Waals surface area contributed by atoms with Crippen LogP contribution < -0.4 is 0 Å².